The highest BCUT2D eigenvalue weighted by molar-refractivity contribution is 5.28. The predicted octanol–water partition coefficient (Wildman–Crippen LogP) is 3.55. The molecule has 0 saturated carbocycles. The van der Waals surface area contributed by atoms with Crippen molar-refractivity contribution in [1.82, 2.24) is 10.6 Å². The summed E-state index contributed by atoms with van der Waals surface area (Å²) in [4.78, 5) is 0. The van der Waals surface area contributed by atoms with E-state index in [9.17, 15) is 0 Å². The van der Waals surface area contributed by atoms with Gasteiger partial charge in [0.25, 0.3) is 0 Å². The Labute approximate surface area is 118 Å². The van der Waals surface area contributed by atoms with Crippen LogP contribution in [0.4, 0.5) is 0 Å². The lowest BCUT2D eigenvalue weighted by atomic mass is 9.92. The van der Waals surface area contributed by atoms with Crippen molar-refractivity contribution in [3.05, 3.63) is 48.2 Å². The molecule has 3 atom stereocenters. The van der Waals surface area contributed by atoms with Gasteiger partial charge >= 0.3 is 0 Å². The van der Waals surface area contributed by atoms with Crippen LogP contribution in [0.25, 0.3) is 0 Å². The van der Waals surface area contributed by atoms with E-state index in [0.717, 1.165) is 24.1 Å². The van der Waals surface area contributed by atoms with Crippen molar-refractivity contribution in [3.8, 4) is 0 Å². The van der Waals surface area contributed by atoms with Crippen molar-refractivity contribution in [3.63, 3.8) is 0 Å². The zero-order valence-electron chi connectivity index (χ0n) is 12.8. The Morgan fingerprint density at radius 3 is 2.42 bits per heavy atom. The summed E-state index contributed by atoms with van der Waals surface area (Å²) in [6, 6.07) is 0.581. The van der Waals surface area contributed by atoms with Crippen molar-refractivity contribution in [2.45, 2.75) is 45.7 Å². The molecule has 1 aliphatic carbocycles. The van der Waals surface area contributed by atoms with Gasteiger partial charge in [-0.15, -0.1) is 0 Å². The van der Waals surface area contributed by atoms with Gasteiger partial charge in [0.05, 0.1) is 0 Å². The van der Waals surface area contributed by atoms with Crippen LogP contribution in [0.2, 0.25) is 0 Å². The molecule has 2 heteroatoms. The molecule has 0 spiro atoms. The highest BCUT2D eigenvalue weighted by Crippen LogP contribution is 2.19. The molecule has 0 amide bonds. The Kier molecular flexibility index (Phi) is 6.10. The maximum Gasteiger partial charge on any atom is 0.0479 e. The third-order valence-corrected chi connectivity index (χ3v) is 3.82. The van der Waals surface area contributed by atoms with Crippen LogP contribution < -0.4 is 10.6 Å². The molecule has 0 heterocycles. The Morgan fingerprint density at radius 2 is 1.95 bits per heavy atom. The summed E-state index contributed by atoms with van der Waals surface area (Å²) in [5.41, 5.74) is 3.56. The molecule has 19 heavy (non-hydrogen) atoms. The van der Waals surface area contributed by atoms with Gasteiger partial charge in [0.15, 0.2) is 0 Å². The lowest BCUT2D eigenvalue weighted by molar-refractivity contribution is 0.466. The fraction of sp³-hybridized carbons (Fsp3) is 0.529. The minimum atomic E-state index is 0.267. The Balaban J connectivity index is 2.61. The van der Waals surface area contributed by atoms with E-state index in [1.54, 1.807) is 0 Å². The van der Waals surface area contributed by atoms with Crippen molar-refractivity contribution >= 4 is 0 Å². The molecule has 0 saturated heterocycles. The van der Waals surface area contributed by atoms with Gasteiger partial charge in [-0.25, -0.2) is 0 Å². The molecule has 0 bridgehead atoms. The molecular formula is C17H28N2. The molecule has 2 N–H and O–H groups in total. The van der Waals surface area contributed by atoms with Crippen LogP contribution in [0, 0.1) is 5.92 Å². The van der Waals surface area contributed by atoms with Gasteiger partial charge in [-0.3, -0.25) is 0 Å². The maximum atomic E-state index is 4.20. The van der Waals surface area contributed by atoms with Gasteiger partial charge in [0.1, 0.15) is 0 Å². The van der Waals surface area contributed by atoms with E-state index >= 15 is 0 Å². The van der Waals surface area contributed by atoms with Crippen molar-refractivity contribution in [1.29, 1.82) is 0 Å². The van der Waals surface area contributed by atoms with Crippen molar-refractivity contribution in [2.75, 3.05) is 7.05 Å². The Bertz CT molecular complexity index is 390. The van der Waals surface area contributed by atoms with Gasteiger partial charge < -0.3 is 10.6 Å². The third kappa shape index (κ3) is 4.39. The molecule has 1 aliphatic rings. The fourth-order valence-electron chi connectivity index (χ4n) is 2.57. The molecule has 0 aliphatic heterocycles. The summed E-state index contributed by atoms with van der Waals surface area (Å²) >= 11 is 0. The minimum absolute atomic E-state index is 0.267. The smallest absolute Gasteiger partial charge is 0.0479 e. The molecule has 0 aromatic rings. The van der Waals surface area contributed by atoms with E-state index in [2.05, 4.69) is 62.8 Å². The molecule has 0 fully saturated rings. The second-order valence-corrected chi connectivity index (χ2v) is 5.48. The zero-order valence-corrected chi connectivity index (χ0v) is 12.8. The number of hydrogen-bond donors (Lipinski definition) is 2. The van der Waals surface area contributed by atoms with Crippen LogP contribution in [0.5, 0.6) is 0 Å². The average Bonchev–Trinajstić information content (AvgIpc) is 2.39. The summed E-state index contributed by atoms with van der Waals surface area (Å²) in [5, 5.41) is 6.83. The second kappa shape index (κ2) is 7.34. The lowest BCUT2D eigenvalue weighted by Crippen LogP contribution is -2.39. The fourth-order valence-corrected chi connectivity index (χ4v) is 2.57. The zero-order chi connectivity index (χ0) is 14.4. The van der Waals surface area contributed by atoms with E-state index in [1.165, 1.54) is 5.57 Å². The first-order valence-electron chi connectivity index (χ1n) is 7.12. The normalized spacial score (nSPS) is 19.3. The molecule has 0 aromatic heterocycles. The number of nitrogens with one attached hydrogen (secondary N) is 2. The number of likely N-dealkylation sites (N-methyl/N-ethyl adjacent to an activating group) is 1. The van der Waals surface area contributed by atoms with Crippen LogP contribution >= 0.6 is 0 Å². The van der Waals surface area contributed by atoms with E-state index < -0.39 is 0 Å². The predicted molar refractivity (Wildman–Crippen MR) is 85.0 cm³/mol. The first-order valence-corrected chi connectivity index (χ1v) is 7.12. The quantitative estimate of drug-likeness (QED) is 0.684. The number of hydrogen-bond acceptors (Lipinski definition) is 2. The topological polar surface area (TPSA) is 24.1 Å². The van der Waals surface area contributed by atoms with Crippen LogP contribution in [-0.2, 0) is 0 Å². The van der Waals surface area contributed by atoms with E-state index in [1.807, 2.05) is 7.05 Å². The summed E-state index contributed by atoms with van der Waals surface area (Å²) in [5.74, 6) is 0.318. The molecule has 2 nitrogen and oxygen atoms in total. The summed E-state index contributed by atoms with van der Waals surface area (Å²) < 4.78 is 0. The van der Waals surface area contributed by atoms with Crippen LogP contribution in [0.15, 0.2) is 48.2 Å². The van der Waals surface area contributed by atoms with Crippen molar-refractivity contribution < 1.29 is 0 Å². The van der Waals surface area contributed by atoms with Gasteiger partial charge in [-0.2, -0.15) is 0 Å². The molecular weight excluding hydrogens is 232 g/mol. The van der Waals surface area contributed by atoms with Gasteiger partial charge in [0, 0.05) is 23.7 Å². The Hall–Kier alpha value is -1.28. The van der Waals surface area contributed by atoms with Crippen LogP contribution in [-0.4, -0.2) is 19.1 Å². The third-order valence-electron chi connectivity index (χ3n) is 3.82. The average molecular weight is 260 g/mol. The summed E-state index contributed by atoms with van der Waals surface area (Å²) in [6.07, 6.45) is 9.07. The first kappa shape index (κ1) is 15.8. The molecule has 0 aromatic carbocycles. The summed E-state index contributed by atoms with van der Waals surface area (Å²) in [6.45, 7) is 14.7. The largest absolute Gasteiger partial charge is 0.382 e. The molecule has 106 valence electrons. The highest BCUT2D eigenvalue weighted by atomic mass is 15.0. The van der Waals surface area contributed by atoms with Crippen LogP contribution in [0.1, 0.15) is 33.6 Å². The second-order valence-electron chi connectivity index (χ2n) is 5.48. The molecule has 3 unspecified atom stereocenters. The number of allylic oxidation sites excluding steroid dienone is 2. The first-order chi connectivity index (χ1) is 8.97. The van der Waals surface area contributed by atoms with Crippen molar-refractivity contribution in [2.24, 2.45) is 5.92 Å². The summed E-state index contributed by atoms with van der Waals surface area (Å²) in [7, 11) is 1.97. The monoisotopic (exact) mass is 260 g/mol. The van der Waals surface area contributed by atoms with Gasteiger partial charge in [-0.05, 0) is 39.3 Å². The van der Waals surface area contributed by atoms with Crippen LogP contribution in [0.3, 0.4) is 0 Å². The SMILES string of the molecule is C=C(NC(C)C1=CCCC=C1)C(C)C(NC)C(=C)C. The minimum Gasteiger partial charge on any atom is -0.382 e. The van der Waals surface area contributed by atoms with E-state index in [4.69, 9.17) is 0 Å². The van der Waals surface area contributed by atoms with Gasteiger partial charge in [0.2, 0.25) is 0 Å². The lowest BCUT2D eigenvalue weighted by Gasteiger charge is -2.29. The highest BCUT2D eigenvalue weighted by Gasteiger charge is 2.20. The Morgan fingerprint density at radius 1 is 1.26 bits per heavy atom. The van der Waals surface area contributed by atoms with E-state index in [0.29, 0.717) is 12.0 Å². The maximum absolute atomic E-state index is 4.20. The van der Waals surface area contributed by atoms with Gasteiger partial charge in [-0.1, -0.05) is 43.9 Å². The molecule has 1 rings (SSSR count). The standard InChI is InChI=1S/C17H28N2/c1-12(2)17(18-6)13(3)14(4)19-15(5)16-10-8-7-9-11-16/h8,10-11,13,15,17-19H,1,4,7,9H2,2-3,5-6H3. The number of rotatable bonds is 7. The van der Waals surface area contributed by atoms with E-state index in [-0.39, 0.29) is 6.04 Å². The molecule has 0 radical (unpaired) electrons.